The number of anilines is 2. The Labute approximate surface area is 144 Å². The second kappa shape index (κ2) is 6.84. The van der Waals surface area contributed by atoms with Gasteiger partial charge in [0.2, 0.25) is 5.95 Å². The van der Waals surface area contributed by atoms with Crippen LogP contribution in [0.4, 0.5) is 11.8 Å². The Kier molecular flexibility index (Phi) is 4.07. The van der Waals surface area contributed by atoms with Gasteiger partial charge in [0.05, 0.1) is 5.69 Å². The van der Waals surface area contributed by atoms with Crippen molar-refractivity contribution in [2.24, 2.45) is 0 Å². The molecule has 0 aliphatic rings. The fourth-order valence-corrected chi connectivity index (χ4v) is 2.36. The minimum atomic E-state index is 0.479. The molecule has 0 saturated heterocycles. The molecule has 0 saturated carbocycles. The van der Waals surface area contributed by atoms with E-state index in [4.69, 9.17) is 0 Å². The second-order valence-corrected chi connectivity index (χ2v) is 5.24. The minimum Gasteiger partial charge on any atom is -0.309 e. The average molecular weight is 326 g/mol. The number of aromatic nitrogens is 5. The van der Waals surface area contributed by atoms with Crippen molar-refractivity contribution in [1.29, 1.82) is 0 Å². The third-order valence-corrected chi connectivity index (χ3v) is 3.50. The van der Waals surface area contributed by atoms with Crippen LogP contribution in [0.25, 0.3) is 22.8 Å². The Bertz CT molecular complexity index is 901. The molecule has 0 unspecified atom stereocenters. The largest absolute Gasteiger partial charge is 0.309 e. The molecule has 25 heavy (non-hydrogen) atoms. The van der Waals surface area contributed by atoms with E-state index in [2.05, 4.69) is 30.2 Å². The first kappa shape index (κ1) is 14.9. The lowest BCUT2D eigenvalue weighted by molar-refractivity contribution is 1.11. The van der Waals surface area contributed by atoms with Gasteiger partial charge in [0.15, 0.2) is 5.82 Å². The van der Waals surface area contributed by atoms with Crippen molar-refractivity contribution in [2.45, 2.75) is 0 Å². The summed E-state index contributed by atoms with van der Waals surface area (Å²) in [6.07, 6.45) is 5.07. The van der Waals surface area contributed by atoms with Crippen LogP contribution in [0.2, 0.25) is 0 Å². The standard InChI is InChI=1S/C19H14N6/c1-2-7-14(8-3-1)16-13-17(25-19-21-11-6-12-22-19)24-18(23-16)15-9-4-5-10-20-15/h1-13H,(H,21,22,23,24,25). The highest BCUT2D eigenvalue weighted by atomic mass is 15.1. The van der Waals surface area contributed by atoms with Gasteiger partial charge in [-0.3, -0.25) is 4.98 Å². The molecule has 3 aromatic heterocycles. The smallest absolute Gasteiger partial charge is 0.228 e. The molecule has 1 aromatic carbocycles. The van der Waals surface area contributed by atoms with Gasteiger partial charge in [0.1, 0.15) is 11.5 Å². The van der Waals surface area contributed by atoms with E-state index in [0.717, 1.165) is 11.3 Å². The first-order valence-corrected chi connectivity index (χ1v) is 7.78. The van der Waals surface area contributed by atoms with Crippen molar-refractivity contribution in [3.8, 4) is 22.8 Å². The number of benzene rings is 1. The maximum atomic E-state index is 4.66. The van der Waals surface area contributed by atoms with Crippen LogP contribution in [-0.4, -0.2) is 24.9 Å². The second-order valence-electron chi connectivity index (χ2n) is 5.24. The van der Waals surface area contributed by atoms with Crippen LogP contribution in [0.15, 0.2) is 79.3 Å². The van der Waals surface area contributed by atoms with Crippen molar-refractivity contribution >= 4 is 11.8 Å². The lowest BCUT2D eigenvalue weighted by Gasteiger charge is -2.09. The highest BCUT2D eigenvalue weighted by Crippen LogP contribution is 2.24. The zero-order chi connectivity index (χ0) is 16.9. The van der Waals surface area contributed by atoms with Crippen LogP contribution in [0, 0.1) is 0 Å². The number of rotatable bonds is 4. The summed E-state index contributed by atoms with van der Waals surface area (Å²) in [6.45, 7) is 0. The predicted molar refractivity (Wildman–Crippen MR) is 96.0 cm³/mol. The normalized spacial score (nSPS) is 10.4. The Hall–Kier alpha value is -3.67. The van der Waals surface area contributed by atoms with E-state index in [1.54, 1.807) is 24.7 Å². The zero-order valence-corrected chi connectivity index (χ0v) is 13.2. The molecule has 3 heterocycles. The van der Waals surface area contributed by atoms with Gasteiger partial charge in [0.25, 0.3) is 0 Å². The zero-order valence-electron chi connectivity index (χ0n) is 13.2. The van der Waals surface area contributed by atoms with Gasteiger partial charge in [0, 0.05) is 30.2 Å². The molecular formula is C19H14N6. The molecule has 6 nitrogen and oxygen atoms in total. The number of nitrogens with one attached hydrogen (secondary N) is 1. The molecule has 0 atom stereocenters. The highest BCUT2D eigenvalue weighted by molar-refractivity contribution is 5.67. The quantitative estimate of drug-likeness (QED) is 0.615. The Morgan fingerprint density at radius 2 is 1.40 bits per heavy atom. The molecule has 0 amide bonds. The van der Waals surface area contributed by atoms with Gasteiger partial charge in [-0.15, -0.1) is 0 Å². The van der Waals surface area contributed by atoms with E-state index < -0.39 is 0 Å². The van der Waals surface area contributed by atoms with E-state index in [0.29, 0.717) is 23.3 Å². The van der Waals surface area contributed by atoms with Gasteiger partial charge < -0.3 is 5.32 Å². The fraction of sp³-hybridized carbons (Fsp3) is 0. The van der Waals surface area contributed by atoms with E-state index in [-0.39, 0.29) is 0 Å². The summed E-state index contributed by atoms with van der Waals surface area (Å²) < 4.78 is 0. The summed E-state index contributed by atoms with van der Waals surface area (Å²) in [6, 6.07) is 19.2. The van der Waals surface area contributed by atoms with Crippen molar-refractivity contribution in [2.75, 3.05) is 5.32 Å². The molecule has 0 radical (unpaired) electrons. The minimum absolute atomic E-state index is 0.479. The molecular weight excluding hydrogens is 312 g/mol. The Balaban J connectivity index is 1.80. The number of hydrogen-bond donors (Lipinski definition) is 1. The lowest BCUT2D eigenvalue weighted by Crippen LogP contribution is -2.02. The van der Waals surface area contributed by atoms with E-state index in [1.807, 2.05) is 54.6 Å². The number of pyridine rings is 1. The predicted octanol–water partition coefficient (Wildman–Crippen LogP) is 3.74. The van der Waals surface area contributed by atoms with Gasteiger partial charge in [-0.25, -0.2) is 19.9 Å². The van der Waals surface area contributed by atoms with Crippen LogP contribution in [0.5, 0.6) is 0 Å². The van der Waals surface area contributed by atoms with Crippen molar-refractivity contribution in [3.63, 3.8) is 0 Å². The molecule has 0 aliphatic heterocycles. The van der Waals surface area contributed by atoms with Crippen LogP contribution in [0.3, 0.4) is 0 Å². The summed E-state index contributed by atoms with van der Waals surface area (Å²) in [4.78, 5) is 21.9. The third-order valence-electron chi connectivity index (χ3n) is 3.50. The monoisotopic (exact) mass is 326 g/mol. The SMILES string of the molecule is c1ccc(-c2cc(Nc3ncccn3)nc(-c3ccccn3)n2)cc1. The van der Waals surface area contributed by atoms with Gasteiger partial charge in [-0.05, 0) is 18.2 Å². The summed E-state index contributed by atoms with van der Waals surface area (Å²) in [5.74, 6) is 1.63. The van der Waals surface area contributed by atoms with Crippen molar-refractivity contribution in [3.05, 3.63) is 79.3 Å². The van der Waals surface area contributed by atoms with Crippen LogP contribution in [-0.2, 0) is 0 Å². The van der Waals surface area contributed by atoms with Crippen LogP contribution >= 0.6 is 0 Å². The number of hydrogen-bond acceptors (Lipinski definition) is 6. The highest BCUT2D eigenvalue weighted by Gasteiger charge is 2.10. The fourth-order valence-electron chi connectivity index (χ4n) is 2.36. The van der Waals surface area contributed by atoms with Crippen LogP contribution in [0.1, 0.15) is 0 Å². The van der Waals surface area contributed by atoms with Gasteiger partial charge in [-0.1, -0.05) is 36.4 Å². The van der Waals surface area contributed by atoms with Crippen molar-refractivity contribution in [1.82, 2.24) is 24.9 Å². The molecule has 0 spiro atoms. The Morgan fingerprint density at radius 1 is 0.640 bits per heavy atom. The van der Waals surface area contributed by atoms with E-state index >= 15 is 0 Å². The first-order chi connectivity index (χ1) is 12.4. The molecule has 6 heteroatoms. The molecule has 0 fully saturated rings. The average Bonchev–Trinajstić information content (AvgIpc) is 2.70. The maximum Gasteiger partial charge on any atom is 0.228 e. The molecule has 4 rings (SSSR count). The Morgan fingerprint density at radius 3 is 2.16 bits per heavy atom. The summed E-state index contributed by atoms with van der Waals surface area (Å²) >= 11 is 0. The van der Waals surface area contributed by atoms with Crippen molar-refractivity contribution < 1.29 is 0 Å². The summed E-state index contributed by atoms with van der Waals surface area (Å²) in [7, 11) is 0. The van der Waals surface area contributed by atoms with Gasteiger partial charge >= 0.3 is 0 Å². The number of nitrogens with zero attached hydrogens (tertiary/aromatic N) is 5. The topological polar surface area (TPSA) is 76.5 Å². The molecule has 0 bridgehead atoms. The third kappa shape index (κ3) is 3.48. The molecule has 1 N–H and O–H groups in total. The van der Waals surface area contributed by atoms with E-state index in [9.17, 15) is 0 Å². The van der Waals surface area contributed by atoms with Gasteiger partial charge in [-0.2, -0.15) is 0 Å². The lowest BCUT2D eigenvalue weighted by atomic mass is 10.1. The van der Waals surface area contributed by atoms with Crippen LogP contribution < -0.4 is 5.32 Å². The van der Waals surface area contributed by atoms with E-state index in [1.165, 1.54) is 0 Å². The molecule has 120 valence electrons. The molecule has 4 aromatic rings. The molecule has 0 aliphatic carbocycles. The summed E-state index contributed by atoms with van der Waals surface area (Å²) in [5, 5.41) is 3.12. The first-order valence-electron chi connectivity index (χ1n) is 7.78. The summed E-state index contributed by atoms with van der Waals surface area (Å²) in [5.41, 5.74) is 2.51. The maximum absolute atomic E-state index is 4.66.